The highest BCUT2D eigenvalue weighted by Gasteiger charge is 2.19. The number of carbonyl (C=O) groups excluding carboxylic acids is 1. The second-order valence-electron chi connectivity index (χ2n) is 6.83. The van der Waals surface area contributed by atoms with Crippen molar-refractivity contribution in [3.05, 3.63) is 89.1 Å². The Labute approximate surface area is 171 Å². The number of aromatic nitrogens is 2. The van der Waals surface area contributed by atoms with Crippen molar-refractivity contribution < 1.29 is 13.6 Å². The number of halogens is 1. The Morgan fingerprint density at radius 3 is 2.76 bits per heavy atom. The average Bonchev–Trinajstić information content (AvgIpc) is 3.44. The smallest absolute Gasteiger partial charge is 0.269 e. The first-order chi connectivity index (χ1) is 14.1. The zero-order valence-corrected chi connectivity index (χ0v) is 16.7. The van der Waals surface area contributed by atoms with Crippen molar-refractivity contribution in [2.24, 2.45) is 0 Å². The fourth-order valence-electron chi connectivity index (χ4n) is 3.11. The van der Waals surface area contributed by atoms with Gasteiger partial charge in [-0.25, -0.2) is 4.39 Å². The van der Waals surface area contributed by atoms with E-state index in [0.717, 1.165) is 21.9 Å². The molecule has 0 unspecified atom stereocenters. The summed E-state index contributed by atoms with van der Waals surface area (Å²) >= 11 is 1.57. The fourth-order valence-corrected chi connectivity index (χ4v) is 3.79. The normalized spacial score (nSPS) is 12.1. The Morgan fingerprint density at radius 1 is 1.24 bits per heavy atom. The molecule has 29 heavy (non-hydrogen) atoms. The number of amides is 1. The van der Waals surface area contributed by atoms with Crippen molar-refractivity contribution in [3.8, 4) is 10.6 Å². The van der Waals surface area contributed by atoms with Crippen molar-refractivity contribution in [2.45, 2.75) is 25.9 Å². The van der Waals surface area contributed by atoms with Crippen LogP contribution in [0.5, 0.6) is 0 Å². The molecule has 0 aliphatic heterocycles. The average molecular weight is 409 g/mol. The molecule has 1 amide bonds. The van der Waals surface area contributed by atoms with Crippen molar-refractivity contribution in [2.75, 3.05) is 0 Å². The van der Waals surface area contributed by atoms with E-state index in [-0.39, 0.29) is 17.8 Å². The van der Waals surface area contributed by atoms with Gasteiger partial charge in [0.25, 0.3) is 5.91 Å². The van der Waals surface area contributed by atoms with Crippen LogP contribution in [-0.4, -0.2) is 21.7 Å². The molecule has 0 aliphatic carbocycles. The number of benzene rings is 1. The maximum Gasteiger partial charge on any atom is 0.269 e. The van der Waals surface area contributed by atoms with E-state index in [2.05, 4.69) is 10.4 Å². The number of hydrogen-bond donors (Lipinski definition) is 1. The van der Waals surface area contributed by atoms with Crippen LogP contribution in [0.4, 0.5) is 4.39 Å². The van der Waals surface area contributed by atoms with Crippen LogP contribution in [0.1, 0.15) is 28.7 Å². The lowest BCUT2D eigenvalue weighted by molar-refractivity contribution is 0.0929. The van der Waals surface area contributed by atoms with E-state index < -0.39 is 0 Å². The number of furan rings is 1. The summed E-state index contributed by atoms with van der Waals surface area (Å²) in [6.45, 7) is 2.31. The van der Waals surface area contributed by atoms with Gasteiger partial charge in [-0.2, -0.15) is 5.10 Å². The van der Waals surface area contributed by atoms with Crippen LogP contribution in [0, 0.1) is 5.82 Å². The maximum atomic E-state index is 13.2. The molecule has 0 saturated carbocycles. The van der Waals surface area contributed by atoms with Gasteiger partial charge in [-0.05, 0) is 54.3 Å². The molecule has 0 saturated heterocycles. The van der Waals surface area contributed by atoms with Gasteiger partial charge in [-0.1, -0.05) is 18.2 Å². The van der Waals surface area contributed by atoms with Gasteiger partial charge in [0.1, 0.15) is 23.0 Å². The van der Waals surface area contributed by atoms with Crippen LogP contribution in [0.25, 0.3) is 10.6 Å². The first-order valence-corrected chi connectivity index (χ1v) is 10.2. The molecule has 4 aromatic rings. The van der Waals surface area contributed by atoms with E-state index >= 15 is 0 Å². The van der Waals surface area contributed by atoms with Crippen LogP contribution in [-0.2, 0) is 13.0 Å². The summed E-state index contributed by atoms with van der Waals surface area (Å²) < 4.78 is 20.3. The van der Waals surface area contributed by atoms with Crippen LogP contribution in [0.3, 0.4) is 0 Å². The van der Waals surface area contributed by atoms with Crippen molar-refractivity contribution in [3.63, 3.8) is 0 Å². The molecule has 7 heteroatoms. The van der Waals surface area contributed by atoms with Gasteiger partial charge in [0.05, 0.1) is 17.7 Å². The van der Waals surface area contributed by atoms with Crippen molar-refractivity contribution in [1.82, 2.24) is 15.1 Å². The number of thiophene rings is 1. The van der Waals surface area contributed by atoms with E-state index in [0.29, 0.717) is 18.7 Å². The molecule has 0 spiro atoms. The highest BCUT2D eigenvalue weighted by Crippen LogP contribution is 2.25. The van der Waals surface area contributed by atoms with Crippen LogP contribution >= 0.6 is 11.3 Å². The second-order valence-corrected chi connectivity index (χ2v) is 7.78. The van der Waals surface area contributed by atoms with E-state index in [9.17, 15) is 9.18 Å². The molecule has 0 fully saturated rings. The highest BCUT2D eigenvalue weighted by atomic mass is 32.1. The predicted molar refractivity (Wildman–Crippen MR) is 110 cm³/mol. The first-order valence-electron chi connectivity index (χ1n) is 9.28. The summed E-state index contributed by atoms with van der Waals surface area (Å²) in [7, 11) is 0. The van der Waals surface area contributed by atoms with Gasteiger partial charge < -0.3 is 9.73 Å². The summed E-state index contributed by atoms with van der Waals surface area (Å²) in [6, 6.07) is 15.5. The molecule has 1 atom stereocenters. The van der Waals surface area contributed by atoms with E-state index in [1.54, 1.807) is 40.5 Å². The van der Waals surface area contributed by atoms with Gasteiger partial charge in [0.2, 0.25) is 0 Å². The van der Waals surface area contributed by atoms with Gasteiger partial charge in [0, 0.05) is 12.5 Å². The SMILES string of the molecule is C[C@@H](Cc1ccco1)NC(=O)c1cc(-c2cccs2)nn1Cc1ccc(F)cc1. The Morgan fingerprint density at radius 2 is 2.07 bits per heavy atom. The van der Waals surface area contributed by atoms with Gasteiger partial charge in [-0.3, -0.25) is 9.48 Å². The standard InChI is InChI=1S/C22H20FN3O2S/c1-15(12-18-4-2-10-28-18)24-22(27)20-13-19(21-5-3-11-29-21)25-26(20)14-16-6-8-17(23)9-7-16/h2-11,13,15H,12,14H2,1H3,(H,24,27)/t15-/m0/s1. The molecule has 3 heterocycles. The molecule has 1 aromatic carbocycles. The molecular formula is C22H20FN3O2S. The molecule has 1 N–H and O–H groups in total. The summed E-state index contributed by atoms with van der Waals surface area (Å²) in [5.41, 5.74) is 2.07. The maximum absolute atomic E-state index is 13.2. The van der Waals surface area contributed by atoms with E-state index in [1.807, 2.05) is 36.6 Å². The number of nitrogens with zero attached hydrogens (tertiary/aromatic N) is 2. The van der Waals surface area contributed by atoms with Crippen molar-refractivity contribution >= 4 is 17.2 Å². The lowest BCUT2D eigenvalue weighted by Crippen LogP contribution is -2.35. The lowest BCUT2D eigenvalue weighted by Gasteiger charge is -2.13. The number of nitrogens with one attached hydrogen (secondary N) is 1. The topological polar surface area (TPSA) is 60.1 Å². The molecule has 3 aromatic heterocycles. The summed E-state index contributed by atoms with van der Waals surface area (Å²) in [5, 5.41) is 9.61. The summed E-state index contributed by atoms with van der Waals surface area (Å²) in [6.07, 6.45) is 2.22. The molecule has 0 radical (unpaired) electrons. The minimum atomic E-state index is -0.293. The third kappa shape index (κ3) is 4.63. The lowest BCUT2D eigenvalue weighted by atomic mass is 10.2. The molecule has 5 nitrogen and oxygen atoms in total. The number of hydrogen-bond acceptors (Lipinski definition) is 4. The van der Waals surface area contributed by atoms with Crippen LogP contribution < -0.4 is 5.32 Å². The zero-order valence-electron chi connectivity index (χ0n) is 15.8. The summed E-state index contributed by atoms with van der Waals surface area (Å²) in [5.74, 6) is 0.316. The third-order valence-electron chi connectivity index (χ3n) is 4.50. The van der Waals surface area contributed by atoms with E-state index in [4.69, 9.17) is 4.42 Å². The van der Waals surface area contributed by atoms with E-state index in [1.165, 1.54) is 12.1 Å². The summed E-state index contributed by atoms with van der Waals surface area (Å²) in [4.78, 5) is 14.0. The van der Waals surface area contributed by atoms with Gasteiger partial charge in [0.15, 0.2) is 0 Å². The van der Waals surface area contributed by atoms with Crippen molar-refractivity contribution in [1.29, 1.82) is 0 Å². The molecule has 0 aliphatic rings. The molecule has 0 bridgehead atoms. The molecular weight excluding hydrogens is 389 g/mol. The van der Waals surface area contributed by atoms with Gasteiger partial charge in [-0.15, -0.1) is 11.3 Å². The number of rotatable bonds is 7. The Bertz CT molecular complexity index is 1070. The van der Waals surface area contributed by atoms with Crippen LogP contribution in [0.2, 0.25) is 0 Å². The minimum Gasteiger partial charge on any atom is -0.469 e. The quantitative estimate of drug-likeness (QED) is 0.479. The fraction of sp³-hybridized carbons (Fsp3) is 0.182. The highest BCUT2D eigenvalue weighted by molar-refractivity contribution is 7.13. The number of carbonyl (C=O) groups is 1. The Hall–Kier alpha value is -3.19. The third-order valence-corrected chi connectivity index (χ3v) is 5.39. The largest absolute Gasteiger partial charge is 0.469 e. The first kappa shape index (κ1) is 19.1. The Balaban J connectivity index is 1.57. The second kappa shape index (κ2) is 8.45. The minimum absolute atomic E-state index is 0.104. The molecule has 4 rings (SSSR count). The molecule has 148 valence electrons. The monoisotopic (exact) mass is 409 g/mol. The zero-order chi connectivity index (χ0) is 20.2. The predicted octanol–water partition coefficient (Wildman–Crippen LogP) is 4.75. The van der Waals surface area contributed by atoms with Crippen LogP contribution in [0.15, 0.2) is 70.7 Å². The Kier molecular flexibility index (Phi) is 5.57. The van der Waals surface area contributed by atoms with Gasteiger partial charge >= 0.3 is 0 Å².